The third kappa shape index (κ3) is 3.15. The molecule has 5 heteroatoms. The van der Waals surface area contributed by atoms with Gasteiger partial charge >= 0.3 is 0 Å². The number of hydrogen-bond acceptors (Lipinski definition) is 4. The van der Waals surface area contributed by atoms with Crippen LogP contribution in [0.15, 0.2) is 0 Å². The first-order valence-corrected chi connectivity index (χ1v) is 7.99. The van der Waals surface area contributed by atoms with E-state index in [4.69, 9.17) is 9.47 Å². The molecule has 2 heterocycles. The first-order chi connectivity index (χ1) is 9.67. The molecule has 2 saturated heterocycles. The lowest BCUT2D eigenvalue weighted by molar-refractivity contribution is -0.179. The second kappa shape index (κ2) is 6.00. The van der Waals surface area contributed by atoms with Gasteiger partial charge in [-0.15, -0.1) is 0 Å². The number of rotatable bonds is 4. The van der Waals surface area contributed by atoms with Crippen LogP contribution in [0.3, 0.4) is 0 Å². The number of amides is 1. The molecule has 0 aromatic rings. The van der Waals surface area contributed by atoms with E-state index in [1.165, 1.54) is 0 Å². The van der Waals surface area contributed by atoms with Crippen molar-refractivity contribution in [3.63, 3.8) is 0 Å². The first-order valence-electron chi connectivity index (χ1n) is 7.99. The molecule has 1 spiro atoms. The van der Waals surface area contributed by atoms with E-state index in [1.54, 1.807) is 0 Å². The largest absolute Gasteiger partial charge is 0.348 e. The van der Waals surface area contributed by atoms with Gasteiger partial charge in [-0.3, -0.25) is 4.79 Å². The lowest BCUT2D eigenvalue weighted by Gasteiger charge is -2.37. The summed E-state index contributed by atoms with van der Waals surface area (Å²) in [7, 11) is 0. The summed E-state index contributed by atoms with van der Waals surface area (Å²) in [6.45, 7) is 5.43. The Morgan fingerprint density at radius 2 is 2.05 bits per heavy atom. The van der Waals surface area contributed by atoms with Crippen LogP contribution in [0, 0.1) is 0 Å². The Morgan fingerprint density at radius 1 is 1.35 bits per heavy atom. The Kier molecular flexibility index (Phi) is 4.29. The van der Waals surface area contributed by atoms with Crippen LogP contribution in [0.25, 0.3) is 0 Å². The van der Waals surface area contributed by atoms with Gasteiger partial charge in [0.1, 0.15) is 0 Å². The number of nitrogens with one attached hydrogen (secondary N) is 1. The highest BCUT2D eigenvalue weighted by molar-refractivity contribution is 5.78. The maximum Gasteiger partial charge on any atom is 0.222 e. The molecule has 1 unspecified atom stereocenters. The van der Waals surface area contributed by atoms with Crippen LogP contribution in [-0.4, -0.2) is 55.0 Å². The average Bonchev–Trinajstić information content (AvgIpc) is 3.04. The fraction of sp³-hybridized carbons (Fsp3) is 0.933. The van der Waals surface area contributed by atoms with Crippen LogP contribution >= 0.6 is 0 Å². The minimum Gasteiger partial charge on any atom is -0.348 e. The molecule has 1 atom stereocenters. The van der Waals surface area contributed by atoms with Crippen molar-refractivity contribution in [3.8, 4) is 0 Å². The van der Waals surface area contributed by atoms with Crippen LogP contribution < -0.4 is 5.32 Å². The summed E-state index contributed by atoms with van der Waals surface area (Å²) < 4.78 is 11.5. The molecule has 0 aromatic carbocycles. The van der Waals surface area contributed by atoms with Crippen molar-refractivity contribution in [3.05, 3.63) is 0 Å². The lowest BCUT2D eigenvalue weighted by atomic mass is 9.89. The van der Waals surface area contributed by atoms with Crippen LogP contribution in [0.2, 0.25) is 0 Å². The zero-order valence-corrected chi connectivity index (χ0v) is 12.4. The second-order valence-corrected chi connectivity index (χ2v) is 6.39. The van der Waals surface area contributed by atoms with Gasteiger partial charge in [0.25, 0.3) is 0 Å². The highest BCUT2D eigenvalue weighted by Gasteiger charge is 2.40. The Morgan fingerprint density at radius 3 is 2.65 bits per heavy atom. The predicted molar refractivity (Wildman–Crippen MR) is 75.3 cm³/mol. The Labute approximate surface area is 121 Å². The SMILES string of the molecule is CC(CN1CCCC1=O)NC1CCC2(CC1)OCCO2. The van der Waals surface area contributed by atoms with Gasteiger partial charge in [0.15, 0.2) is 5.79 Å². The molecule has 1 saturated carbocycles. The zero-order chi connectivity index (χ0) is 14.0. The summed E-state index contributed by atoms with van der Waals surface area (Å²) in [5, 5.41) is 3.67. The van der Waals surface area contributed by atoms with Gasteiger partial charge in [-0.1, -0.05) is 0 Å². The third-order valence-corrected chi connectivity index (χ3v) is 4.75. The van der Waals surface area contributed by atoms with Gasteiger partial charge in [-0.2, -0.15) is 0 Å². The molecule has 5 nitrogen and oxygen atoms in total. The molecule has 20 heavy (non-hydrogen) atoms. The van der Waals surface area contributed by atoms with Crippen molar-refractivity contribution in [1.82, 2.24) is 10.2 Å². The summed E-state index contributed by atoms with van der Waals surface area (Å²) in [5.41, 5.74) is 0. The standard InChI is InChI=1S/C15H26N2O3/c1-12(11-17-8-2-3-14(17)18)16-13-4-6-15(7-5-13)19-9-10-20-15/h12-13,16H,2-11H2,1H3. The maximum absolute atomic E-state index is 11.6. The number of nitrogens with zero attached hydrogens (tertiary/aromatic N) is 1. The number of carbonyl (C=O) groups excluding carboxylic acids is 1. The molecule has 3 aliphatic rings. The summed E-state index contributed by atoms with van der Waals surface area (Å²) >= 11 is 0. The molecular weight excluding hydrogens is 256 g/mol. The molecule has 114 valence electrons. The minimum atomic E-state index is -0.271. The number of likely N-dealkylation sites (tertiary alicyclic amines) is 1. The fourth-order valence-electron chi connectivity index (χ4n) is 3.69. The number of carbonyl (C=O) groups is 1. The molecule has 1 N–H and O–H groups in total. The molecule has 0 aromatic heterocycles. The van der Waals surface area contributed by atoms with E-state index in [0.29, 0.717) is 18.0 Å². The van der Waals surface area contributed by atoms with Crippen molar-refractivity contribution < 1.29 is 14.3 Å². The topological polar surface area (TPSA) is 50.8 Å². The van der Waals surface area contributed by atoms with Crippen LogP contribution in [0.4, 0.5) is 0 Å². The number of ether oxygens (including phenoxy) is 2. The Balaban J connectivity index is 1.41. The first kappa shape index (κ1) is 14.3. The highest BCUT2D eigenvalue weighted by Crippen LogP contribution is 2.35. The maximum atomic E-state index is 11.6. The molecule has 3 fully saturated rings. The normalized spacial score (nSPS) is 28.4. The summed E-state index contributed by atoms with van der Waals surface area (Å²) in [6, 6.07) is 0.891. The Bertz CT molecular complexity index is 345. The van der Waals surface area contributed by atoms with E-state index < -0.39 is 0 Å². The van der Waals surface area contributed by atoms with E-state index in [-0.39, 0.29) is 5.79 Å². The van der Waals surface area contributed by atoms with Gasteiger partial charge < -0.3 is 19.7 Å². The smallest absolute Gasteiger partial charge is 0.222 e. The molecule has 1 aliphatic carbocycles. The second-order valence-electron chi connectivity index (χ2n) is 6.39. The molecule has 1 amide bonds. The zero-order valence-electron chi connectivity index (χ0n) is 12.4. The number of hydrogen-bond donors (Lipinski definition) is 1. The third-order valence-electron chi connectivity index (χ3n) is 4.75. The van der Waals surface area contributed by atoms with E-state index >= 15 is 0 Å². The summed E-state index contributed by atoms with van der Waals surface area (Å²) in [6.07, 6.45) is 5.91. The molecule has 0 bridgehead atoms. The van der Waals surface area contributed by atoms with Crippen LogP contribution in [0.5, 0.6) is 0 Å². The summed E-state index contributed by atoms with van der Waals surface area (Å²) in [4.78, 5) is 13.6. The van der Waals surface area contributed by atoms with Gasteiger partial charge in [-0.05, 0) is 26.2 Å². The van der Waals surface area contributed by atoms with E-state index in [9.17, 15) is 4.79 Å². The highest BCUT2D eigenvalue weighted by atomic mass is 16.7. The van der Waals surface area contributed by atoms with Crippen molar-refractivity contribution in [2.45, 2.75) is 63.3 Å². The fourth-order valence-corrected chi connectivity index (χ4v) is 3.69. The average molecular weight is 282 g/mol. The van der Waals surface area contributed by atoms with Crippen molar-refractivity contribution in [2.24, 2.45) is 0 Å². The van der Waals surface area contributed by atoms with Gasteiger partial charge in [0.2, 0.25) is 5.91 Å². The van der Waals surface area contributed by atoms with Gasteiger partial charge in [0.05, 0.1) is 13.2 Å². The minimum absolute atomic E-state index is 0.271. The van der Waals surface area contributed by atoms with Crippen LogP contribution in [0.1, 0.15) is 45.4 Å². The van der Waals surface area contributed by atoms with Crippen molar-refractivity contribution in [2.75, 3.05) is 26.3 Å². The van der Waals surface area contributed by atoms with Gasteiger partial charge in [0, 0.05) is 44.4 Å². The van der Waals surface area contributed by atoms with Crippen molar-refractivity contribution in [1.29, 1.82) is 0 Å². The molecular formula is C15H26N2O3. The van der Waals surface area contributed by atoms with E-state index in [1.807, 2.05) is 4.90 Å². The molecule has 0 radical (unpaired) electrons. The summed E-state index contributed by atoms with van der Waals surface area (Å²) in [5.74, 6) is 0.0424. The monoisotopic (exact) mass is 282 g/mol. The molecule has 2 aliphatic heterocycles. The van der Waals surface area contributed by atoms with Crippen molar-refractivity contribution >= 4 is 5.91 Å². The molecule has 3 rings (SSSR count). The van der Waals surface area contributed by atoms with E-state index in [2.05, 4.69) is 12.2 Å². The van der Waals surface area contributed by atoms with Gasteiger partial charge in [-0.25, -0.2) is 0 Å². The lowest BCUT2D eigenvalue weighted by Crippen LogP contribution is -2.48. The quantitative estimate of drug-likeness (QED) is 0.844. The van der Waals surface area contributed by atoms with Crippen LogP contribution in [-0.2, 0) is 14.3 Å². The van der Waals surface area contributed by atoms with E-state index in [0.717, 1.165) is 64.8 Å². The Hall–Kier alpha value is -0.650. The predicted octanol–water partition coefficient (Wildman–Crippen LogP) is 1.27.